The van der Waals surface area contributed by atoms with E-state index >= 15 is 0 Å². The summed E-state index contributed by atoms with van der Waals surface area (Å²) in [7, 11) is 0. The summed E-state index contributed by atoms with van der Waals surface area (Å²) >= 11 is 0. The maximum absolute atomic E-state index is 12.3. The SMILES string of the molecule is CCN(CC)C(=O)c1ccc(-c2nc3cc([N+](=O)[O-])ccc3o2)cc1. The Morgan fingerprint density at radius 2 is 1.84 bits per heavy atom. The number of hydrogen-bond acceptors (Lipinski definition) is 5. The number of non-ortho nitro benzene ring substituents is 1. The van der Waals surface area contributed by atoms with Gasteiger partial charge in [-0.15, -0.1) is 0 Å². The van der Waals surface area contributed by atoms with Crippen molar-refractivity contribution >= 4 is 22.7 Å². The number of hydrogen-bond donors (Lipinski definition) is 0. The van der Waals surface area contributed by atoms with Crippen LogP contribution < -0.4 is 0 Å². The van der Waals surface area contributed by atoms with Gasteiger partial charge in [0.15, 0.2) is 5.58 Å². The third-order valence-electron chi connectivity index (χ3n) is 4.01. The minimum absolute atomic E-state index is 0.0234. The van der Waals surface area contributed by atoms with Crippen LogP contribution in [0.1, 0.15) is 24.2 Å². The highest BCUT2D eigenvalue weighted by Crippen LogP contribution is 2.27. The van der Waals surface area contributed by atoms with E-state index in [9.17, 15) is 14.9 Å². The molecular weight excluding hydrogens is 322 g/mol. The molecule has 7 nitrogen and oxygen atoms in total. The molecule has 0 unspecified atom stereocenters. The van der Waals surface area contributed by atoms with E-state index in [-0.39, 0.29) is 11.6 Å². The summed E-state index contributed by atoms with van der Waals surface area (Å²) < 4.78 is 5.65. The lowest BCUT2D eigenvalue weighted by Crippen LogP contribution is -2.30. The first kappa shape index (κ1) is 16.6. The molecule has 7 heteroatoms. The van der Waals surface area contributed by atoms with Crippen molar-refractivity contribution in [3.63, 3.8) is 0 Å². The number of oxazole rings is 1. The van der Waals surface area contributed by atoms with Gasteiger partial charge in [0, 0.05) is 36.3 Å². The quantitative estimate of drug-likeness (QED) is 0.520. The third kappa shape index (κ3) is 3.21. The normalized spacial score (nSPS) is 10.8. The lowest BCUT2D eigenvalue weighted by molar-refractivity contribution is -0.384. The fourth-order valence-electron chi connectivity index (χ4n) is 2.60. The molecule has 0 saturated heterocycles. The van der Waals surface area contributed by atoms with Crippen LogP contribution in [0.15, 0.2) is 46.9 Å². The maximum Gasteiger partial charge on any atom is 0.271 e. The number of nitro benzene ring substituents is 1. The van der Waals surface area contributed by atoms with Gasteiger partial charge in [-0.05, 0) is 44.2 Å². The van der Waals surface area contributed by atoms with Crippen molar-refractivity contribution < 1.29 is 14.1 Å². The molecule has 128 valence electrons. The van der Waals surface area contributed by atoms with Crippen LogP contribution in [0.2, 0.25) is 0 Å². The van der Waals surface area contributed by atoms with E-state index in [0.29, 0.717) is 41.2 Å². The Labute approximate surface area is 144 Å². The van der Waals surface area contributed by atoms with Gasteiger partial charge in [0.25, 0.3) is 11.6 Å². The second-order valence-electron chi connectivity index (χ2n) is 5.48. The van der Waals surface area contributed by atoms with Crippen molar-refractivity contribution in [2.24, 2.45) is 0 Å². The third-order valence-corrected chi connectivity index (χ3v) is 4.01. The predicted octanol–water partition coefficient (Wildman–Crippen LogP) is 3.89. The van der Waals surface area contributed by atoms with Gasteiger partial charge in [0.2, 0.25) is 5.89 Å². The molecule has 1 aromatic heterocycles. The molecule has 0 bridgehead atoms. The average molecular weight is 339 g/mol. The number of amides is 1. The zero-order valence-electron chi connectivity index (χ0n) is 13.9. The van der Waals surface area contributed by atoms with Gasteiger partial charge >= 0.3 is 0 Å². The van der Waals surface area contributed by atoms with E-state index in [1.165, 1.54) is 18.2 Å². The second-order valence-corrected chi connectivity index (χ2v) is 5.48. The number of carbonyl (C=O) groups excluding carboxylic acids is 1. The Hall–Kier alpha value is -3.22. The molecule has 0 atom stereocenters. The molecular formula is C18H17N3O4. The Balaban J connectivity index is 1.90. The van der Waals surface area contributed by atoms with Crippen LogP contribution in [-0.2, 0) is 0 Å². The van der Waals surface area contributed by atoms with E-state index in [4.69, 9.17) is 4.42 Å². The topological polar surface area (TPSA) is 89.5 Å². The largest absolute Gasteiger partial charge is 0.436 e. The molecule has 0 N–H and O–H groups in total. The maximum atomic E-state index is 12.3. The zero-order valence-corrected chi connectivity index (χ0v) is 13.9. The monoisotopic (exact) mass is 339 g/mol. The molecule has 0 fully saturated rings. The van der Waals surface area contributed by atoms with Crippen molar-refractivity contribution in [2.45, 2.75) is 13.8 Å². The van der Waals surface area contributed by atoms with Gasteiger partial charge < -0.3 is 9.32 Å². The molecule has 1 amide bonds. The molecule has 2 aromatic carbocycles. The first-order valence-electron chi connectivity index (χ1n) is 7.98. The highest BCUT2D eigenvalue weighted by molar-refractivity contribution is 5.94. The Kier molecular flexibility index (Phi) is 4.47. The number of nitrogens with zero attached hydrogens (tertiary/aromatic N) is 3. The van der Waals surface area contributed by atoms with Gasteiger partial charge in [0.05, 0.1) is 4.92 Å². The fraction of sp³-hybridized carbons (Fsp3) is 0.222. The Bertz CT molecular complexity index is 927. The fourth-order valence-corrected chi connectivity index (χ4v) is 2.60. The van der Waals surface area contributed by atoms with Gasteiger partial charge in [-0.25, -0.2) is 4.98 Å². The molecule has 0 radical (unpaired) electrons. The molecule has 3 rings (SSSR count). The molecule has 0 aliphatic carbocycles. The first-order valence-corrected chi connectivity index (χ1v) is 7.98. The summed E-state index contributed by atoms with van der Waals surface area (Å²) in [5.41, 5.74) is 2.16. The Morgan fingerprint density at radius 3 is 2.44 bits per heavy atom. The Morgan fingerprint density at radius 1 is 1.16 bits per heavy atom. The molecule has 0 aliphatic rings. The van der Waals surface area contributed by atoms with Crippen LogP contribution in [0.4, 0.5) is 5.69 Å². The van der Waals surface area contributed by atoms with Crippen LogP contribution in [-0.4, -0.2) is 33.8 Å². The summed E-state index contributed by atoms with van der Waals surface area (Å²) in [6.45, 7) is 5.18. The molecule has 25 heavy (non-hydrogen) atoms. The molecule has 3 aromatic rings. The summed E-state index contributed by atoms with van der Waals surface area (Å²) in [4.78, 5) is 28.7. The number of fused-ring (bicyclic) bond motifs is 1. The van der Waals surface area contributed by atoms with Gasteiger partial charge in [-0.3, -0.25) is 14.9 Å². The van der Waals surface area contributed by atoms with Crippen molar-refractivity contribution in [3.8, 4) is 11.5 Å². The minimum Gasteiger partial charge on any atom is -0.436 e. The average Bonchev–Trinajstić information content (AvgIpc) is 3.06. The van der Waals surface area contributed by atoms with Crippen LogP contribution in [0.3, 0.4) is 0 Å². The van der Waals surface area contributed by atoms with Crippen molar-refractivity contribution in [1.82, 2.24) is 9.88 Å². The molecule has 0 spiro atoms. The molecule has 1 heterocycles. The summed E-state index contributed by atoms with van der Waals surface area (Å²) in [5.74, 6) is 0.335. The van der Waals surface area contributed by atoms with Crippen molar-refractivity contribution in [1.29, 1.82) is 0 Å². The number of benzene rings is 2. The summed E-state index contributed by atoms with van der Waals surface area (Å²) in [6, 6.07) is 11.3. The lowest BCUT2D eigenvalue weighted by atomic mass is 10.1. The van der Waals surface area contributed by atoms with Crippen LogP contribution in [0, 0.1) is 10.1 Å². The van der Waals surface area contributed by atoms with E-state index in [1.807, 2.05) is 13.8 Å². The van der Waals surface area contributed by atoms with Crippen molar-refractivity contribution in [3.05, 3.63) is 58.1 Å². The number of rotatable bonds is 5. The minimum atomic E-state index is -0.471. The molecule has 0 saturated carbocycles. The van der Waals surface area contributed by atoms with E-state index < -0.39 is 4.92 Å². The van der Waals surface area contributed by atoms with Crippen LogP contribution >= 0.6 is 0 Å². The second kappa shape index (κ2) is 6.72. The lowest BCUT2D eigenvalue weighted by Gasteiger charge is -2.18. The smallest absolute Gasteiger partial charge is 0.271 e. The number of aromatic nitrogens is 1. The number of carbonyl (C=O) groups is 1. The standard InChI is InChI=1S/C18H17N3O4/c1-3-20(4-2)18(22)13-7-5-12(6-8-13)17-19-15-11-14(21(23)24)9-10-16(15)25-17/h5-11H,3-4H2,1-2H3. The number of nitro groups is 1. The zero-order chi connectivity index (χ0) is 18.0. The van der Waals surface area contributed by atoms with E-state index in [1.54, 1.807) is 29.2 Å². The van der Waals surface area contributed by atoms with E-state index in [2.05, 4.69) is 4.98 Å². The summed E-state index contributed by atoms with van der Waals surface area (Å²) in [6.07, 6.45) is 0. The highest BCUT2D eigenvalue weighted by Gasteiger charge is 2.15. The van der Waals surface area contributed by atoms with Gasteiger partial charge in [-0.1, -0.05) is 0 Å². The predicted molar refractivity (Wildman–Crippen MR) is 93.4 cm³/mol. The van der Waals surface area contributed by atoms with Gasteiger partial charge in [-0.2, -0.15) is 0 Å². The molecule has 0 aliphatic heterocycles. The first-order chi connectivity index (χ1) is 12.0. The summed E-state index contributed by atoms with van der Waals surface area (Å²) in [5, 5.41) is 10.8. The van der Waals surface area contributed by atoms with Crippen molar-refractivity contribution in [2.75, 3.05) is 13.1 Å². The van der Waals surface area contributed by atoms with Crippen LogP contribution in [0.5, 0.6) is 0 Å². The van der Waals surface area contributed by atoms with Gasteiger partial charge in [0.1, 0.15) is 5.52 Å². The van der Waals surface area contributed by atoms with E-state index in [0.717, 1.165) is 0 Å². The highest BCUT2D eigenvalue weighted by atomic mass is 16.6. The van der Waals surface area contributed by atoms with Crippen LogP contribution in [0.25, 0.3) is 22.6 Å².